The van der Waals surface area contributed by atoms with E-state index in [9.17, 15) is 9.59 Å². The molecule has 0 fully saturated rings. The molecule has 0 aliphatic heterocycles. The predicted molar refractivity (Wildman–Crippen MR) is 72.2 cm³/mol. The molecular formula is C13H11BrO5. The fraction of sp³-hybridized carbons (Fsp3) is 0.231. The average Bonchev–Trinajstić information content (AvgIpc) is 2.88. The van der Waals surface area contributed by atoms with Gasteiger partial charge in [-0.25, -0.2) is 4.79 Å². The molecule has 0 radical (unpaired) electrons. The van der Waals surface area contributed by atoms with Gasteiger partial charge in [0.1, 0.15) is 11.3 Å². The number of carbonyl (C=O) groups excluding carboxylic acids is 2. The summed E-state index contributed by atoms with van der Waals surface area (Å²) in [5.41, 5.74) is 0.707. The Morgan fingerprint density at radius 1 is 1.26 bits per heavy atom. The van der Waals surface area contributed by atoms with Gasteiger partial charge in [0.15, 0.2) is 5.76 Å². The van der Waals surface area contributed by atoms with Crippen LogP contribution in [-0.4, -0.2) is 31.3 Å². The minimum absolute atomic E-state index is 0.150. The van der Waals surface area contributed by atoms with Crippen LogP contribution >= 0.6 is 15.9 Å². The maximum absolute atomic E-state index is 11.7. The molecule has 0 N–H and O–H groups in total. The largest absolute Gasteiger partial charge is 0.497 e. The summed E-state index contributed by atoms with van der Waals surface area (Å²) in [5, 5.41) is 0.675. The topological polar surface area (TPSA) is 65.7 Å². The molecule has 100 valence electrons. The van der Waals surface area contributed by atoms with Gasteiger partial charge in [-0.1, -0.05) is 15.9 Å². The number of halogens is 1. The van der Waals surface area contributed by atoms with Gasteiger partial charge in [-0.3, -0.25) is 4.79 Å². The number of methoxy groups -OCH3 is 2. The van der Waals surface area contributed by atoms with Gasteiger partial charge in [-0.05, 0) is 12.1 Å². The first-order chi connectivity index (χ1) is 9.10. The van der Waals surface area contributed by atoms with Crippen molar-refractivity contribution >= 4 is 38.7 Å². The lowest BCUT2D eigenvalue weighted by molar-refractivity contribution is 0.0602. The van der Waals surface area contributed by atoms with E-state index >= 15 is 0 Å². The van der Waals surface area contributed by atoms with Crippen LogP contribution < -0.4 is 4.74 Å². The number of ether oxygens (including phenoxy) is 2. The van der Waals surface area contributed by atoms with Gasteiger partial charge in [0, 0.05) is 11.5 Å². The summed E-state index contributed by atoms with van der Waals surface area (Å²) in [6.45, 7) is 0. The molecule has 1 aromatic carbocycles. The number of furan rings is 1. The Bertz CT molecular complexity index is 644. The highest BCUT2D eigenvalue weighted by molar-refractivity contribution is 9.09. The van der Waals surface area contributed by atoms with Crippen molar-refractivity contribution in [2.45, 2.75) is 0 Å². The summed E-state index contributed by atoms with van der Waals surface area (Å²) in [6, 6.07) is 4.70. The molecule has 0 saturated heterocycles. The highest BCUT2D eigenvalue weighted by Gasteiger charge is 2.18. The number of benzene rings is 1. The normalized spacial score (nSPS) is 10.5. The highest BCUT2D eigenvalue weighted by atomic mass is 79.9. The molecule has 0 spiro atoms. The van der Waals surface area contributed by atoms with E-state index < -0.39 is 5.97 Å². The van der Waals surface area contributed by atoms with E-state index in [4.69, 9.17) is 13.9 Å². The van der Waals surface area contributed by atoms with Crippen molar-refractivity contribution in [3.05, 3.63) is 29.5 Å². The lowest BCUT2D eigenvalue weighted by atomic mass is 10.1. The summed E-state index contributed by atoms with van der Waals surface area (Å²) in [5.74, 6) is -0.0705. The molecule has 2 rings (SSSR count). The Labute approximate surface area is 117 Å². The van der Waals surface area contributed by atoms with Crippen molar-refractivity contribution in [3.8, 4) is 5.75 Å². The fourth-order valence-electron chi connectivity index (χ4n) is 1.71. The monoisotopic (exact) mass is 326 g/mol. The minimum Gasteiger partial charge on any atom is -0.497 e. The van der Waals surface area contributed by atoms with Crippen LogP contribution in [0.25, 0.3) is 11.0 Å². The maximum atomic E-state index is 11.7. The minimum atomic E-state index is -0.512. The van der Waals surface area contributed by atoms with Crippen molar-refractivity contribution < 1.29 is 23.5 Å². The van der Waals surface area contributed by atoms with Crippen molar-refractivity contribution in [1.82, 2.24) is 0 Å². The van der Waals surface area contributed by atoms with E-state index in [0.29, 0.717) is 22.3 Å². The molecular weight excluding hydrogens is 316 g/mol. The summed E-state index contributed by atoms with van der Waals surface area (Å²) in [7, 11) is 2.77. The third kappa shape index (κ3) is 2.49. The molecule has 0 aliphatic carbocycles. The molecule has 0 saturated carbocycles. The van der Waals surface area contributed by atoms with Crippen LogP contribution in [0.2, 0.25) is 0 Å². The predicted octanol–water partition coefficient (Wildman–Crippen LogP) is 2.81. The Balaban J connectivity index is 2.67. The quantitative estimate of drug-likeness (QED) is 0.491. The Morgan fingerprint density at radius 2 is 2.00 bits per heavy atom. The number of rotatable bonds is 4. The first kappa shape index (κ1) is 13.6. The van der Waals surface area contributed by atoms with Crippen LogP contribution in [0.1, 0.15) is 20.9 Å². The Hall–Kier alpha value is -1.82. The van der Waals surface area contributed by atoms with Crippen molar-refractivity contribution in [1.29, 1.82) is 0 Å². The van der Waals surface area contributed by atoms with Crippen molar-refractivity contribution in [3.63, 3.8) is 0 Å². The number of carbonyl (C=O) groups is 2. The van der Waals surface area contributed by atoms with Crippen LogP contribution in [0.3, 0.4) is 0 Å². The third-order valence-electron chi connectivity index (χ3n) is 2.65. The van der Waals surface area contributed by atoms with Crippen LogP contribution in [0, 0.1) is 0 Å². The Kier molecular flexibility index (Phi) is 3.90. The first-order valence-corrected chi connectivity index (χ1v) is 6.52. The van der Waals surface area contributed by atoms with Crippen LogP contribution in [0.15, 0.2) is 22.6 Å². The Morgan fingerprint density at radius 3 is 2.58 bits per heavy atom. The summed E-state index contributed by atoms with van der Waals surface area (Å²) < 4.78 is 15.2. The maximum Gasteiger partial charge on any atom is 0.338 e. The number of alkyl halides is 1. The SMILES string of the molecule is COC(=O)c1cc(OC)cc2oc(C(=O)CBr)cc12. The van der Waals surface area contributed by atoms with Gasteiger partial charge >= 0.3 is 5.97 Å². The van der Waals surface area contributed by atoms with E-state index in [1.165, 1.54) is 20.3 Å². The first-order valence-electron chi connectivity index (χ1n) is 5.39. The highest BCUT2D eigenvalue weighted by Crippen LogP contribution is 2.29. The average molecular weight is 327 g/mol. The second kappa shape index (κ2) is 5.44. The summed E-state index contributed by atoms with van der Waals surface area (Å²) >= 11 is 3.07. The zero-order valence-electron chi connectivity index (χ0n) is 10.4. The molecule has 0 unspecified atom stereocenters. The smallest absolute Gasteiger partial charge is 0.338 e. The lowest BCUT2D eigenvalue weighted by Gasteiger charge is -2.04. The molecule has 2 aromatic rings. The van der Waals surface area contributed by atoms with Crippen molar-refractivity contribution in [2.24, 2.45) is 0 Å². The van der Waals surface area contributed by atoms with E-state index in [2.05, 4.69) is 15.9 Å². The number of fused-ring (bicyclic) bond motifs is 1. The van der Waals surface area contributed by atoms with Gasteiger partial charge in [0.05, 0.1) is 25.1 Å². The van der Waals surface area contributed by atoms with Gasteiger partial charge in [-0.2, -0.15) is 0 Å². The van der Waals surface area contributed by atoms with Gasteiger partial charge in [-0.15, -0.1) is 0 Å². The second-order valence-corrected chi connectivity index (χ2v) is 4.31. The molecule has 5 nitrogen and oxygen atoms in total. The number of ketones is 1. The molecule has 0 bridgehead atoms. The molecule has 0 atom stereocenters. The van der Waals surface area contributed by atoms with Gasteiger partial charge < -0.3 is 13.9 Å². The number of esters is 1. The van der Waals surface area contributed by atoms with Crippen LogP contribution in [0.4, 0.5) is 0 Å². The van der Waals surface area contributed by atoms with E-state index in [0.717, 1.165) is 0 Å². The van der Waals surface area contributed by atoms with E-state index in [1.807, 2.05) is 0 Å². The standard InChI is InChI=1S/C13H11BrO5/c1-17-7-3-9(13(16)18-2)8-5-12(10(15)6-14)19-11(8)4-7/h3-5H,6H2,1-2H3. The summed E-state index contributed by atoms with van der Waals surface area (Å²) in [4.78, 5) is 23.3. The van der Waals surface area contributed by atoms with E-state index in [1.54, 1.807) is 12.1 Å². The molecule has 1 heterocycles. The number of hydrogen-bond donors (Lipinski definition) is 0. The molecule has 0 aliphatic rings. The lowest BCUT2D eigenvalue weighted by Crippen LogP contribution is -2.02. The molecule has 0 amide bonds. The second-order valence-electron chi connectivity index (χ2n) is 3.75. The zero-order chi connectivity index (χ0) is 14.0. The van der Waals surface area contributed by atoms with Crippen LogP contribution in [-0.2, 0) is 4.74 Å². The van der Waals surface area contributed by atoms with Crippen molar-refractivity contribution in [2.75, 3.05) is 19.5 Å². The fourth-order valence-corrected chi connectivity index (χ4v) is 1.99. The van der Waals surface area contributed by atoms with E-state index in [-0.39, 0.29) is 16.9 Å². The molecule has 6 heteroatoms. The third-order valence-corrected chi connectivity index (χ3v) is 3.16. The van der Waals surface area contributed by atoms with Gasteiger partial charge in [0.25, 0.3) is 0 Å². The summed E-state index contributed by atoms with van der Waals surface area (Å²) in [6.07, 6.45) is 0. The number of Topliss-reactive ketones (excluding diaryl/α,β-unsaturated/α-hetero) is 1. The van der Waals surface area contributed by atoms with Gasteiger partial charge in [0.2, 0.25) is 5.78 Å². The molecule has 1 aromatic heterocycles. The van der Waals surface area contributed by atoms with Crippen LogP contribution in [0.5, 0.6) is 5.75 Å². The number of hydrogen-bond acceptors (Lipinski definition) is 5. The zero-order valence-corrected chi connectivity index (χ0v) is 11.9. The molecule has 19 heavy (non-hydrogen) atoms.